The average Bonchev–Trinajstić information content (AvgIpc) is 2.28. The second-order valence-electron chi connectivity index (χ2n) is 3.72. The lowest BCUT2D eigenvalue weighted by Gasteiger charge is -2.11. The number of carbonyl (C=O) groups excluding carboxylic acids is 1. The van der Waals surface area contributed by atoms with Gasteiger partial charge in [0.05, 0.1) is 29.7 Å². The highest BCUT2D eigenvalue weighted by atomic mass is 35.5. The molecule has 0 aliphatic heterocycles. The smallest absolute Gasteiger partial charge is 0.310 e. The van der Waals surface area contributed by atoms with Crippen LogP contribution < -0.4 is 4.74 Å². The van der Waals surface area contributed by atoms with Crippen LogP contribution in [0.25, 0.3) is 0 Å². The van der Waals surface area contributed by atoms with E-state index in [1.165, 1.54) is 0 Å². The summed E-state index contributed by atoms with van der Waals surface area (Å²) in [7, 11) is 0. The predicted molar refractivity (Wildman–Crippen MR) is 72.6 cm³/mol. The lowest BCUT2D eigenvalue weighted by molar-refractivity contribution is -0.142. The van der Waals surface area contributed by atoms with Crippen molar-refractivity contribution in [3.63, 3.8) is 0 Å². The van der Waals surface area contributed by atoms with Crippen LogP contribution >= 0.6 is 23.2 Å². The maximum absolute atomic E-state index is 11.4. The zero-order chi connectivity index (χ0) is 13.5. The van der Waals surface area contributed by atoms with Gasteiger partial charge in [0.15, 0.2) is 5.75 Å². The highest BCUT2D eigenvalue weighted by Gasteiger charge is 2.12. The average molecular weight is 291 g/mol. The Hall–Kier alpha value is -0.930. The van der Waals surface area contributed by atoms with Crippen molar-refractivity contribution in [3.8, 4) is 5.75 Å². The summed E-state index contributed by atoms with van der Waals surface area (Å²) < 4.78 is 10.3. The summed E-state index contributed by atoms with van der Waals surface area (Å²) >= 11 is 12.1. The second kappa shape index (κ2) is 7.49. The van der Waals surface area contributed by atoms with Crippen LogP contribution in [-0.4, -0.2) is 19.2 Å². The van der Waals surface area contributed by atoms with E-state index in [1.54, 1.807) is 19.1 Å². The van der Waals surface area contributed by atoms with Crippen LogP contribution in [0.5, 0.6) is 5.75 Å². The van der Waals surface area contributed by atoms with Crippen molar-refractivity contribution in [2.75, 3.05) is 13.2 Å². The largest absolute Gasteiger partial charge is 0.490 e. The van der Waals surface area contributed by atoms with Gasteiger partial charge in [0.25, 0.3) is 0 Å². The van der Waals surface area contributed by atoms with Crippen molar-refractivity contribution in [1.82, 2.24) is 0 Å². The van der Waals surface area contributed by atoms with Gasteiger partial charge in [0.2, 0.25) is 0 Å². The van der Waals surface area contributed by atoms with Gasteiger partial charge >= 0.3 is 5.97 Å². The molecule has 0 amide bonds. The summed E-state index contributed by atoms with van der Waals surface area (Å²) in [6.45, 7) is 4.67. The summed E-state index contributed by atoms with van der Waals surface area (Å²) in [5.41, 5.74) is 0.715. The Morgan fingerprint density at radius 3 is 2.33 bits per heavy atom. The summed E-state index contributed by atoms with van der Waals surface area (Å²) in [6.07, 6.45) is 1.03. The van der Waals surface area contributed by atoms with Crippen molar-refractivity contribution in [1.29, 1.82) is 0 Å². The Morgan fingerprint density at radius 2 is 1.83 bits per heavy atom. The van der Waals surface area contributed by atoms with Gasteiger partial charge in [-0.15, -0.1) is 0 Å². The first-order valence-electron chi connectivity index (χ1n) is 5.84. The molecule has 1 rings (SSSR count). The van der Waals surface area contributed by atoms with Gasteiger partial charge in [0.1, 0.15) is 0 Å². The molecule has 0 radical (unpaired) electrons. The fourth-order valence-corrected chi connectivity index (χ4v) is 2.08. The Kier molecular flexibility index (Phi) is 6.30. The third-order valence-corrected chi connectivity index (χ3v) is 2.72. The molecule has 0 bridgehead atoms. The van der Waals surface area contributed by atoms with Crippen LogP contribution in [-0.2, 0) is 16.0 Å². The molecule has 0 atom stereocenters. The Morgan fingerprint density at radius 1 is 1.22 bits per heavy atom. The van der Waals surface area contributed by atoms with Crippen molar-refractivity contribution >= 4 is 29.2 Å². The molecule has 0 aliphatic carbocycles. The fraction of sp³-hybridized carbons (Fsp3) is 0.462. The molecule has 18 heavy (non-hydrogen) atoms. The standard InChI is InChI=1S/C13H16Cl2O3/c1-3-5-18-13-10(14)6-9(7-11(13)15)8-12(16)17-4-2/h6-7H,3-5,8H2,1-2H3. The van der Waals surface area contributed by atoms with Gasteiger partial charge in [-0.1, -0.05) is 30.1 Å². The molecule has 0 aromatic heterocycles. The van der Waals surface area contributed by atoms with E-state index >= 15 is 0 Å². The summed E-state index contributed by atoms with van der Waals surface area (Å²) in [5, 5.41) is 0.825. The van der Waals surface area contributed by atoms with E-state index in [-0.39, 0.29) is 12.4 Å². The zero-order valence-corrected chi connectivity index (χ0v) is 12.0. The number of carbonyl (C=O) groups is 1. The molecule has 100 valence electrons. The maximum atomic E-state index is 11.4. The van der Waals surface area contributed by atoms with E-state index in [0.29, 0.717) is 34.6 Å². The van der Waals surface area contributed by atoms with E-state index in [1.807, 2.05) is 6.92 Å². The number of benzene rings is 1. The quantitative estimate of drug-likeness (QED) is 0.746. The summed E-state index contributed by atoms with van der Waals surface area (Å²) in [4.78, 5) is 11.4. The summed E-state index contributed by atoms with van der Waals surface area (Å²) in [5.74, 6) is 0.166. The lowest BCUT2D eigenvalue weighted by Crippen LogP contribution is -2.07. The number of hydrogen-bond acceptors (Lipinski definition) is 3. The number of rotatable bonds is 6. The molecule has 5 heteroatoms. The Bertz CT molecular complexity index is 396. The van der Waals surface area contributed by atoms with Crippen LogP contribution in [0, 0.1) is 0 Å². The third kappa shape index (κ3) is 4.39. The maximum Gasteiger partial charge on any atom is 0.310 e. The van der Waals surface area contributed by atoms with Crippen molar-refractivity contribution in [2.45, 2.75) is 26.7 Å². The van der Waals surface area contributed by atoms with Crippen LogP contribution in [0.3, 0.4) is 0 Å². The Labute approximate surface area is 117 Å². The molecule has 0 unspecified atom stereocenters. The minimum absolute atomic E-state index is 0.154. The van der Waals surface area contributed by atoms with Gasteiger partial charge in [-0.2, -0.15) is 0 Å². The number of halogens is 2. The van der Waals surface area contributed by atoms with E-state index < -0.39 is 0 Å². The van der Waals surface area contributed by atoms with Crippen LogP contribution in [0.2, 0.25) is 10.0 Å². The fourth-order valence-electron chi connectivity index (χ4n) is 1.44. The second-order valence-corrected chi connectivity index (χ2v) is 4.53. The minimum Gasteiger partial charge on any atom is -0.490 e. The van der Waals surface area contributed by atoms with Crippen LogP contribution in [0.4, 0.5) is 0 Å². The van der Waals surface area contributed by atoms with Gasteiger partial charge in [-0.05, 0) is 31.0 Å². The van der Waals surface area contributed by atoms with E-state index in [4.69, 9.17) is 32.7 Å². The zero-order valence-electron chi connectivity index (χ0n) is 10.5. The van der Waals surface area contributed by atoms with Gasteiger partial charge in [0, 0.05) is 0 Å². The van der Waals surface area contributed by atoms with E-state index in [9.17, 15) is 4.79 Å². The predicted octanol–water partition coefficient (Wildman–Crippen LogP) is 3.89. The number of esters is 1. The Balaban J connectivity index is 2.82. The number of hydrogen-bond donors (Lipinski definition) is 0. The molecule has 0 fully saturated rings. The van der Waals surface area contributed by atoms with Crippen molar-refractivity contribution in [2.24, 2.45) is 0 Å². The third-order valence-electron chi connectivity index (χ3n) is 2.16. The SMILES string of the molecule is CCCOc1c(Cl)cc(CC(=O)OCC)cc1Cl. The lowest BCUT2D eigenvalue weighted by atomic mass is 10.1. The molecule has 1 aromatic rings. The van der Waals surface area contributed by atoms with Gasteiger partial charge in [-0.3, -0.25) is 4.79 Å². The summed E-state index contributed by atoms with van der Waals surface area (Å²) in [6, 6.07) is 3.35. The van der Waals surface area contributed by atoms with E-state index in [0.717, 1.165) is 6.42 Å². The highest BCUT2D eigenvalue weighted by molar-refractivity contribution is 6.37. The molecular weight excluding hydrogens is 275 g/mol. The molecule has 0 spiro atoms. The van der Waals surface area contributed by atoms with Crippen molar-refractivity contribution < 1.29 is 14.3 Å². The van der Waals surface area contributed by atoms with Crippen LogP contribution in [0.15, 0.2) is 12.1 Å². The monoisotopic (exact) mass is 290 g/mol. The van der Waals surface area contributed by atoms with Gasteiger partial charge in [-0.25, -0.2) is 0 Å². The topological polar surface area (TPSA) is 35.5 Å². The first-order chi connectivity index (χ1) is 8.58. The molecule has 0 N–H and O–H groups in total. The highest BCUT2D eigenvalue weighted by Crippen LogP contribution is 2.34. The molecule has 0 aliphatic rings. The first kappa shape index (κ1) is 15.1. The van der Waals surface area contributed by atoms with E-state index in [2.05, 4.69) is 0 Å². The normalized spacial score (nSPS) is 10.2. The molecule has 3 nitrogen and oxygen atoms in total. The molecular formula is C13H16Cl2O3. The van der Waals surface area contributed by atoms with Crippen LogP contribution in [0.1, 0.15) is 25.8 Å². The first-order valence-corrected chi connectivity index (χ1v) is 6.60. The number of ether oxygens (including phenoxy) is 2. The minimum atomic E-state index is -0.299. The molecule has 1 aromatic carbocycles. The molecule has 0 saturated carbocycles. The van der Waals surface area contributed by atoms with Gasteiger partial charge < -0.3 is 9.47 Å². The van der Waals surface area contributed by atoms with Crippen molar-refractivity contribution in [3.05, 3.63) is 27.7 Å². The molecule has 0 saturated heterocycles. The molecule has 0 heterocycles.